The topological polar surface area (TPSA) is 21.3 Å². The van der Waals surface area contributed by atoms with E-state index in [4.69, 9.17) is 4.74 Å². The predicted octanol–water partition coefficient (Wildman–Crippen LogP) is 4.00. The van der Waals surface area contributed by atoms with Gasteiger partial charge in [-0.2, -0.15) is 0 Å². The Hall–Kier alpha value is -1.55. The molecule has 19 heavy (non-hydrogen) atoms. The van der Waals surface area contributed by atoms with Crippen LogP contribution in [0.1, 0.15) is 5.56 Å². The van der Waals surface area contributed by atoms with Gasteiger partial charge in [0.05, 0.1) is 12.2 Å². The lowest BCUT2D eigenvalue weighted by molar-refractivity contribution is 0.246. The van der Waals surface area contributed by atoms with E-state index in [2.05, 4.69) is 27.3 Å². The maximum Gasteiger partial charge on any atom is 0.147 e. The molecule has 0 amide bonds. The average molecular weight is 322 g/mol. The Kier molecular flexibility index (Phi) is 3.42. The minimum atomic E-state index is -0.259. The molecule has 0 aliphatic carbocycles. The van der Waals surface area contributed by atoms with E-state index in [-0.39, 0.29) is 11.9 Å². The van der Waals surface area contributed by atoms with Gasteiger partial charge >= 0.3 is 0 Å². The summed E-state index contributed by atoms with van der Waals surface area (Å²) in [6, 6.07) is 13.0. The van der Waals surface area contributed by atoms with Crippen molar-refractivity contribution >= 4 is 21.6 Å². The molecule has 1 N–H and O–H groups in total. The Bertz CT molecular complexity index is 577. The molecule has 0 fully saturated rings. The number of nitrogens with one attached hydrogen (secondary N) is 1. The number of anilines is 1. The van der Waals surface area contributed by atoms with Gasteiger partial charge in [0.1, 0.15) is 17.7 Å². The number of hydrogen-bond donors (Lipinski definition) is 1. The third-order valence-electron chi connectivity index (χ3n) is 3.17. The van der Waals surface area contributed by atoms with Crippen molar-refractivity contribution in [1.29, 1.82) is 0 Å². The molecule has 2 aromatic carbocycles. The van der Waals surface area contributed by atoms with Gasteiger partial charge in [-0.15, -0.1) is 0 Å². The first kappa shape index (κ1) is 12.5. The van der Waals surface area contributed by atoms with Crippen LogP contribution in [0.4, 0.5) is 10.1 Å². The highest BCUT2D eigenvalue weighted by Gasteiger charge is 2.22. The highest BCUT2D eigenvalue weighted by molar-refractivity contribution is 9.10. The summed E-state index contributed by atoms with van der Waals surface area (Å²) in [5.74, 6) is 0.676. The van der Waals surface area contributed by atoms with Crippen molar-refractivity contribution < 1.29 is 9.13 Å². The molecule has 98 valence electrons. The summed E-state index contributed by atoms with van der Waals surface area (Å²) in [6.07, 6.45) is 0.918. The third kappa shape index (κ3) is 2.73. The van der Waals surface area contributed by atoms with Crippen LogP contribution in [0.3, 0.4) is 0 Å². The van der Waals surface area contributed by atoms with Gasteiger partial charge in [-0.3, -0.25) is 0 Å². The number of para-hydroxylation sites is 1. The molecule has 2 aromatic rings. The molecule has 1 aliphatic rings. The molecule has 0 radical (unpaired) electrons. The monoisotopic (exact) mass is 321 g/mol. The van der Waals surface area contributed by atoms with Crippen molar-refractivity contribution in [2.75, 3.05) is 11.9 Å². The number of hydrogen-bond acceptors (Lipinski definition) is 2. The first-order valence-electron chi connectivity index (χ1n) is 6.16. The van der Waals surface area contributed by atoms with Crippen molar-refractivity contribution in [3.05, 3.63) is 58.3 Å². The minimum Gasteiger partial charge on any atom is -0.488 e. The number of halogens is 2. The smallest absolute Gasteiger partial charge is 0.147 e. The molecule has 1 unspecified atom stereocenters. The van der Waals surface area contributed by atoms with Crippen LogP contribution in [-0.2, 0) is 6.42 Å². The van der Waals surface area contributed by atoms with Crippen LogP contribution in [0.2, 0.25) is 0 Å². The molecule has 1 atom stereocenters. The van der Waals surface area contributed by atoms with E-state index in [0.717, 1.165) is 16.6 Å². The largest absolute Gasteiger partial charge is 0.488 e. The molecule has 1 aliphatic heterocycles. The van der Waals surface area contributed by atoms with Crippen LogP contribution < -0.4 is 10.1 Å². The van der Waals surface area contributed by atoms with E-state index < -0.39 is 0 Å². The normalized spacial score (nSPS) is 16.8. The molecule has 0 bridgehead atoms. The van der Waals surface area contributed by atoms with Gasteiger partial charge in [-0.25, -0.2) is 4.39 Å². The van der Waals surface area contributed by atoms with E-state index >= 15 is 0 Å². The Morgan fingerprint density at radius 2 is 2.11 bits per heavy atom. The summed E-state index contributed by atoms with van der Waals surface area (Å²) in [5, 5.41) is 3.10. The molecule has 3 rings (SSSR count). The second kappa shape index (κ2) is 5.21. The summed E-state index contributed by atoms with van der Waals surface area (Å²) < 4.78 is 20.2. The molecule has 0 saturated heterocycles. The molecule has 0 saturated carbocycles. The van der Waals surface area contributed by atoms with Crippen molar-refractivity contribution in [2.24, 2.45) is 0 Å². The molecule has 0 spiro atoms. The van der Waals surface area contributed by atoms with Crippen molar-refractivity contribution in [3.63, 3.8) is 0 Å². The second-order valence-corrected chi connectivity index (χ2v) is 5.47. The fourth-order valence-corrected chi connectivity index (χ4v) is 2.56. The van der Waals surface area contributed by atoms with Gasteiger partial charge in [0.15, 0.2) is 0 Å². The lowest BCUT2D eigenvalue weighted by atomic mass is 10.1. The van der Waals surface area contributed by atoms with Gasteiger partial charge in [0.2, 0.25) is 0 Å². The summed E-state index contributed by atoms with van der Waals surface area (Å²) in [6.45, 7) is 0.591. The molecular weight excluding hydrogens is 309 g/mol. The van der Waals surface area contributed by atoms with Crippen LogP contribution >= 0.6 is 15.9 Å². The summed E-state index contributed by atoms with van der Waals surface area (Å²) in [7, 11) is 0. The van der Waals surface area contributed by atoms with E-state index in [1.165, 1.54) is 11.6 Å². The maximum atomic E-state index is 13.7. The Labute approximate surface area is 119 Å². The SMILES string of the molecule is Fc1cc(Br)ccc1NCC1Cc2ccccc2O1. The first-order chi connectivity index (χ1) is 9.22. The van der Waals surface area contributed by atoms with Crippen LogP contribution in [0.25, 0.3) is 0 Å². The van der Waals surface area contributed by atoms with Crippen molar-refractivity contribution in [3.8, 4) is 5.75 Å². The fourth-order valence-electron chi connectivity index (χ4n) is 2.22. The molecule has 1 heterocycles. The Morgan fingerprint density at radius 3 is 2.89 bits per heavy atom. The highest BCUT2D eigenvalue weighted by Crippen LogP contribution is 2.28. The van der Waals surface area contributed by atoms with Gasteiger partial charge in [0.25, 0.3) is 0 Å². The fraction of sp³-hybridized carbons (Fsp3) is 0.200. The zero-order valence-electron chi connectivity index (χ0n) is 10.2. The Morgan fingerprint density at radius 1 is 1.26 bits per heavy atom. The van der Waals surface area contributed by atoms with Gasteiger partial charge in [-0.05, 0) is 29.8 Å². The van der Waals surface area contributed by atoms with E-state index in [9.17, 15) is 4.39 Å². The number of rotatable bonds is 3. The lowest BCUT2D eigenvalue weighted by Gasteiger charge is -2.13. The van der Waals surface area contributed by atoms with E-state index in [0.29, 0.717) is 12.2 Å². The first-order valence-corrected chi connectivity index (χ1v) is 6.95. The molecule has 2 nitrogen and oxygen atoms in total. The van der Waals surface area contributed by atoms with E-state index in [1.807, 2.05) is 24.3 Å². The zero-order chi connectivity index (χ0) is 13.2. The Balaban J connectivity index is 1.63. The van der Waals surface area contributed by atoms with Crippen LogP contribution in [0.15, 0.2) is 46.9 Å². The number of benzene rings is 2. The summed E-state index contributed by atoms with van der Waals surface area (Å²) in [4.78, 5) is 0. The van der Waals surface area contributed by atoms with Crippen LogP contribution in [0, 0.1) is 5.82 Å². The predicted molar refractivity (Wildman–Crippen MR) is 77.2 cm³/mol. The lowest BCUT2D eigenvalue weighted by Crippen LogP contribution is -2.24. The van der Waals surface area contributed by atoms with Gasteiger partial charge in [-0.1, -0.05) is 34.1 Å². The highest BCUT2D eigenvalue weighted by atomic mass is 79.9. The summed E-state index contributed by atoms with van der Waals surface area (Å²) in [5.41, 5.74) is 1.72. The van der Waals surface area contributed by atoms with Gasteiger partial charge < -0.3 is 10.1 Å². The van der Waals surface area contributed by atoms with Gasteiger partial charge in [0, 0.05) is 10.9 Å². The average Bonchev–Trinajstić information content (AvgIpc) is 2.80. The number of ether oxygens (including phenoxy) is 1. The van der Waals surface area contributed by atoms with Crippen LogP contribution in [-0.4, -0.2) is 12.6 Å². The second-order valence-electron chi connectivity index (χ2n) is 4.56. The number of fused-ring (bicyclic) bond motifs is 1. The molecule has 0 aromatic heterocycles. The quantitative estimate of drug-likeness (QED) is 0.922. The van der Waals surface area contributed by atoms with Crippen molar-refractivity contribution in [1.82, 2.24) is 0 Å². The van der Waals surface area contributed by atoms with E-state index in [1.54, 1.807) is 6.07 Å². The molecular formula is C15H13BrFNO. The minimum absolute atomic E-state index is 0.0560. The summed E-state index contributed by atoms with van der Waals surface area (Å²) >= 11 is 3.24. The van der Waals surface area contributed by atoms with Crippen LogP contribution in [0.5, 0.6) is 5.75 Å². The zero-order valence-corrected chi connectivity index (χ0v) is 11.8. The maximum absolute atomic E-state index is 13.7. The van der Waals surface area contributed by atoms with Crippen molar-refractivity contribution in [2.45, 2.75) is 12.5 Å². The standard InChI is InChI=1S/C15H13BrFNO/c16-11-5-6-14(13(17)8-11)18-9-12-7-10-3-1-2-4-15(10)19-12/h1-6,8,12,18H,7,9H2. The molecule has 4 heteroatoms. The third-order valence-corrected chi connectivity index (χ3v) is 3.66.